The van der Waals surface area contributed by atoms with Gasteiger partial charge in [-0.1, -0.05) is 0 Å². The molecule has 0 radical (unpaired) electrons. The minimum atomic E-state index is -1.05. The fraction of sp³-hybridized carbons (Fsp3) is 0. The molecule has 1 aromatic carbocycles. The third kappa shape index (κ3) is 2.65. The van der Waals surface area contributed by atoms with Crippen molar-refractivity contribution in [3.05, 3.63) is 52.5 Å². The highest BCUT2D eigenvalue weighted by Gasteiger charge is 2.10. The van der Waals surface area contributed by atoms with Gasteiger partial charge in [0.2, 0.25) is 0 Å². The summed E-state index contributed by atoms with van der Waals surface area (Å²) in [7, 11) is 0. The molecule has 0 saturated heterocycles. The lowest BCUT2D eigenvalue weighted by Crippen LogP contribution is -2.03. The summed E-state index contributed by atoms with van der Waals surface area (Å²) in [6.45, 7) is 0. The number of carbonyl (C=O) groups is 1. The van der Waals surface area contributed by atoms with Gasteiger partial charge in [0.15, 0.2) is 0 Å². The smallest absolute Gasteiger partial charge is 0.337 e. The van der Waals surface area contributed by atoms with Gasteiger partial charge in [0.1, 0.15) is 5.82 Å². The van der Waals surface area contributed by atoms with Gasteiger partial charge in [-0.25, -0.2) is 9.18 Å². The molecule has 0 atom stereocenters. The lowest BCUT2D eigenvalue weighted by atomic mass is 10.2. The van der Waals surface area contributed by atoms with E-state index in [-0.39, 0.29) is 11.4 Å². The van der Waals surface area contributed by atoms with Gasteiger partial charge in [-0.2, -0.15) is 0 Å². The largest absolute Gasteiger partial charge is 0.478 e. The second kappa shape index (κ2) is 5.14. The number of nitrogens with one attached hydrogen (secondary N) is 1. The van der Waals surface area contributed by atoms with Crippen molar-refractivity contribution in [1.29, 1.82) is 0 Å². The summed E-state index contributed by atoms with van der Waals surface area (Å²) in [4.78, 5) is 14.8. The topological polar surface area (TPSA) is 62.2 Å². The SMILES string of the molecule is O=C(O)c1ccncc1Nc1ccc(F)c(Br)c1. The quantitative estimate of drug-likeness (QED) is 0.911. The zero-order valence-corrected chi connectivity index (χ0v) is 10.6. The maximum atomic E-state index is 13.1. The predicted molar refractivity (Wildman–Crippen MR) is 68.6 cm³/mol. The Morgan fingerprint density at radius 1 is 1.39 bits per heavy atom. The van der Waals surface area contributed by atoms with Gasteiger partial charge in [0.25, 0.3) is 0 Å². The van der Waals surface area contributed by atoms with Gasteiger partial charge < -0.3 is 10.4 Å². The molecule has 0 saturated carbocycles. The van der Waals surface area contributed by atoms with Crippen LogP contribution in [0.25, 0.3) is 0 Å². The van der Waals surface area contributed by atoms with E-state index >= 15 is 0 Å². The summed E-state index contributed by atoms with van der Waals surface area (Å²) in [6.07, 6.45) is 2.80. The standard InChI is InChI=1S/C12H8BrFN2O2/c13-9-5-7(1-2-10(9)14)16-11-6-15-4-3-8(11)12(17)18/h1-6,16H,(H,17,18). The minimum absolute atomic E-state index is 0.102. The number of hydrogen-bond acceptors (Lipinski definition) is 3. The summed E-state index contributed by atoms with van der Waals surface area (Å²) < 4.78 is 13.4. The molecule has 2 N–H and O–H groups in total. The molecule has 4 nitrogen and oxygen atoms in total. The number of aromatic nitrogens is 1. The lowest BCUT2D eigenvalue weighted by molar-refractivity contribution is 0.0698. The summed E-state index contributed by atoms with van der Waals surface area (Å²) in [5.74, 6) is -1.44. The predicted octanol–water partition coefficient (Wildman–Crippen LogP) is 3.43. The van der Waals surface area contributed by atoms with E-state index in [4.69, 9.17) is 5.11 Å². The van der Waals surface area contributed by atoms with Crippen LogP contribution in [0.5, 0.6) is 0 Å². The molecule has 1 heterocycles. The van der Waals surface area contributed by atoms with E-state index in [1.165, 1.54) is 36.7 Å². The van der Waals surface area contributed by atoms with Crippen LogP contribution in [-0.4, -0.2) is 16.1 Å². The van der Waals surface area contributed by atoms with E-state index in [0.29, 0.717) is 15.8 Å². The van der Waals surface area contributed by atoms with Crippen molar-refractivity contribution in [2.24, 2.45) is 0 Å². The lowest BCUT2D eigenvalue weighted by Gasteiger charge is -2.09. The third-order valence-corrected chi connectivity index (χ3v) is 2.86. The number of carboxylic acid groups (broad SMARTS) is 1. The van der Waals surface area contributed by atoms with Gasteiger partial charge in [0, 0.05) is 11.9 Å². The van der Waals surface area contributed by atoms with Crippen molar-refractivity contribution in [3.8, 4) is 0 Å². The molecule has 0 aliphatic rings. The van der Waals surface area contributed by atoms with E-state index < -0.39 is 5.97 Å². The Hall–Kier alpha value is -1.95. The number of carboxylic acids is 1. The van der Waals surface area contributed by atoms with Crippen molar-refractivity contribution < 1.29 is 14.3 Å². The molecule has 0 amide bonds. The first kappa shape index (κ1) is 12.5. The Morgan fingerprint density at radius 2 is 2.17 bits per heavy atom. The highest BCUT2D eigenvalue weighted by atomic mass is 79.9. The number of aromatic carboxylic acids is 1. The van der Waals surface area contributed by atoms with Gasteiger partial charge >= 0.3 is 5.97 Å². The molecule has 0 aliphatic carbocycles. The molecule has 0 aliphatic heterocycles. The van der Waals surface area contributed by atoms with Crippen molar-refractivity contribution in [3.63, 3.8) is 0 Å². The van der Waals surface area contributed by atoms with E-state index in [2.05, 4.69) is 26.2 Å². The van der Waals surface area contributed by atoms with E-state index in [9.17, 15) is 9.18 Å². The number of hydrogen-bond donors (Lipinski definition) is 2. The Kier molecular flexibility index (Phi) is 3.57. The Morgan fingerprint density at radius 3 is 2.83 bits per heavy atom. The van der Waals surface area contributed by atoms with Gasteiger partial charge in [0.05, 0.1) is 21.9 Å². The van der Waals surface area contributed by atoms with Crippen molar-refractivity contribution >= 4 is 33.3 Å². The zero-order valence-electron chi connectivity index (χ0n) is 9.02. The normalized spacial score (nSPS) is 10.1. The Balaban J connectivity index is 2.34. The summed E-state index contributed by atoms with van der Waals surface area (Å²) in [5, 5.41) is 11.9. The molecule has 92 valence electrons. The molecular formula is C12H8BrFN2O2. The van der Waals surface area contributed by atoms with Gasteiger partial charge in [-0.15, -0.1) is 0 Å². The number of anilines is 2. The van der Waals surface area contributed by atoms with Crippen LogP contribution in [0, 0.1) is 5.82 Å². The molecule has 0 unspecified atom stereocenters. The molecule has 2 rings (SSSR count). The van der Waals surface area contributed by atoms with E-state index in [1.807, 2.05) is 0 Å². The average Bonchev–Trinajstić information content (AvgIpc) is 2.34. The molecule has 18 heavy (non-hydrogen) atoms. The van der Waals surface area contributed by atoms with Crippen LogP contribution in [-0.2, 0) is 0 Å². The first-order valence-corrected chi connectivity index (χ1v) is 5.76. The van der Waals surface area contributed by atoms with Gasteiger partial charge in [-0.05, 0) is 40.2 Å². The summed E-state index contributed by atoms with van der Waals surface area (Å²) >= 11 is 3.06. The number of rotatable bonds is 3. The van der Waals surface area contributed by atoms with Crippen LogP contribution in [0.1, 0.15) is 10.4 Å². The zero-order chi connectivity index (χ0) is 13.1. The van der Waals surface area contributed by atoms with Crippen molar-refractivity contribution in [2.45, 2.75) is 0 Å². The van der Waals surface area contributed by atoms with Crippen LogP contribution in [0.15, 0.2) is 41.1 Å². The highest BCUT2D eigenvalue weighted by Crippen LogP contribution is 2.24. The molecule has 6 heteroatoms. The Labute approximate surface area is 111 Å². The molecular weight excluding hydrogens is 303 g/mol. The van der Waals surface area contributed by atoms with Gasteiger partial charge in [-0.3, -0.25) is 4.98 Å². The number of pyridine rings is 1. The first-order valence-electron chi connectivity index (χ1n) is 4.97. The number of benzene rings is 1. The minimum Gasteiger partial charge on any atom is -0.478 e. The van der Waals surface area contributed by atoms with Crippen LogP contribution >= 0.6 is 15.9 Å². The maximum absolute atomic E-state index is 13.1. The molecule has 0 fully saturated rings. The average molecular weight is 311 g/mol. The highest BCUT2D eigenvalue weighted by molar-refractivity contribution is 9.10. The van der Waals surface area contributed by atoms with E-state index in [1.54, 1.807) is 0 Å². The van der Waals surface area contributed by atoms with Crippen molar-refractivity contribution in [2.75, 3.05) is 5.32 Å². The van der Waals surface area contributed by atoms with E-state index in [0.717, 1.165) is 0 Å². The molecule has 2 aromatic rings. The molecule has 1 aromatic heterocycles. The molecule has 0 bridgehead atoms. The van der Waals surface area contributed by atoms with Crippen LogP contribution < -0.4 is 5.32 Å². The first-order chi connectivity index (χ1) is 8.58. The van der Waals surface area contributed by atoms with Crippen LogP contribution in [0.4, 0.5) is 15.8 Å². The van der Waals surface area contributed by atoms with Crippen molar-refractivity contribution in [1.82, 2.24) is 4.98 Å². The number of nitrogens with zero attached hydrogens (tertiary/aromatic N) is 1. The summed E-state index contributed by atoms with van der Waals surface area (Å²) in [6, 6.07) is 5.71. The summed E-state index contributed by atoms with van der Waals surface area (Å²) in [5.41, 5.74) is 1.02. The third-order valence-electron chi connectivity index (χ3n) is 2.25. The maximum Gasteiger partial charge on any atom is 0.337 e. The fourth-order valence-electron chi connectivity index (χ4n) is 1.41. The second-order valence-corrected chi connectivity index (χ2v) is 4.33. The number of halogens is 2. The molecule has 0 spiro atoms. The second-order valence-electron chi connectivity index (χ2n) is 3.48. The van der Waals surface area contributed by atoms with Crippen LogP contribution in [0.3, 0.4) is 0 Å². The Bertz CT molecular complexity index is 604. The monoisotopic (exact) mass is 310 g/mol. The van der Waals surface area contributed by atoms with Crippen LogP contribution in [0.2, 0.25) is 0 Å². The fourth-order valence-corrected chi connectivity index (χ4v) is 1.79.